The molecule has 20 heavy (non-hydrogen) atoms. The number of aliphatic hydroxyl groups excluding tert-OH is 1. The van der Waals surface area contributed by atoms with Crippen molar-refractivity contribution in [3.8, 4) is 0 Å². The monoisotopic (exact) mass is 311 g/mol. The maximum atomic E-state index is 11.8. The highest BCUT2D eigenvalue weighted by Crippen LogP contribution is 2.45. The van der Waals surface area contributed by atoms with Gasteiger partial charge in [0.05, 0.1) is 17.6 Å². The average molecular weight is 311 g/mol. The number of rotatable bonds is 3. The van der Waals surface area contributed by atoms with Crippen LogP contribution in [-0.4, -0.2) is 31.6 Å². The van der Waals surface area contributed by atoms with E-state index in [1.54, 1.807) is 11.3 Å². The number of sulfone groups is 1. The highest BCUT2D eigenvalue weighted by molar-refractivity contribution is 7.91. The zero-order valence-electron chi connectivity index (χ0n) is 11.0. The van der Waals surface area contributed by atoms with Gasteiger partial charge in [0.1, 0.15) is 0 Å². The maximum absolute atomic E-state index is 11.8. The molecule has 0 spiro atoms. The Balaban J connectivity index is 2.05. The summed E-state index contributed by atoms with van der Waals surface area (Å²) in [7, 11) is -3.09. The first-order valence-electron chi connectivity index (χ1n) is 6.52. The highest BCUT2D eigenvalue weighted by atomic mass is 32.2. The summed E-state index contributed by atoms with van der Waals surface area (Å²) < 4.78 is 24.6. The third kappa shape index (κ3) is 2.16. The van der Waals surface area contributed by atoms with Gasteiger partial charge in [-0.05, 0) is 28.8 Å². The molecular formula is C14H17NO3S2. The van der Waals surface area contributed by atoms with Crippen molar-refractivity contribution in [3.63, 3.8) is 0 Å². The van der Waals surface area contributed by atoms with Gasteiger partial charge in [-0.25, -0.2) is 8.42 Å². The second-order valence-electron chi connectivity index (χ2n) is 5.50. The Kier molecular flexibility index (Phi) is 3.36. The molecule has 2 unspecified atom stereocenters. The van der Waals surface area contributed by atoms with E-state index < -0.39 is 21.4 Å². The fourth-order valence-electron chi connectivity index (χ4n) is 2.97. The van der Waals surface area contributed by atoms with Crippen molar-refractivity contribution in [3.05, 3.63) is 35.2 Å². The van der Waals surface area contributed by atoms with Gasteiger partial charge < -0.3 is 10.8 Å². The fraction of sp³-hybridized carbons (Fsp3) is 0.429. The summed E-state index contributed by atoms with van der Waals surface area (Å²) in [6.45, 7) is 0.178. The third-order valence-electron chi connectivity index (χ3n) is 4.21. The lowest BCUT2D eigenvalue weighted by Gasteiger charge is -2.31. The molecule has 2 aromatic rings. The predicted molar refractivity (Wildman–Crippen MR) is 81.5 cm³/mol. The molecule has 3 N–H and O–H groups in total. The minimum absolute atomic E-state index is 0.0260. The van der Waals surface area contributed by atoms with Gasteiger partial charge in [0.15, 0.2) is 9.84 Å². The Labute approximate surface area is 122 Å². The Morgan fingerprint density at radius 1 is 1.40 bits per heavy atom. The lowest BCUT2D eigenvalue weighted by atomic mass is 9.78. The normalized spacial score (nSPS) is 26.9. The standard InChI is InChI=1S/C14H17NO3S2/c15-8-14(5-6-20(17,18)9-14)13(16)11-7-19-12-4-2-1-3-10(11)12/h1-4,7,13,16H,5-6,8-9,15H2. The van der Waals surface area contributed by atoms with E-state index in [1.165, 1.54) is 0 Å². The Morgan fingerprint density at radius 3 is 2.80 bits per heavy atom. The molecule has 1 aromatic carbocycles. The van der Waals surface area contributed by atoms with Gasteiger partial charge in [-0.3, -0.25) is 0 Å². The molecule has 1 aliphatic rings. The van der Waals surface area contributed by atoms with E-state index in [9.17, 15) is 13.5 Å². The van der Waals surface area contributed by atoms with E-state index >= 15 is 0 Å². The number of aliphatic hydroxyl groups is 1. The van der Waals surface area contributed by atoms with E-state index in [1.807, 2.05) is 29.6 Å². The quantitative estimate of drug-likeness (QED) is 0.904. The van der Waals surface area contributed by atoms with Gasteiger partial charge in [-0.15, -0.1) is 11.3 Å². The number of hydrogen-bond donors (Lipinski definition) is 2. The molecule has 1 aliphatic heterocycles. The lowest BCUT2D eigenvalue weighted by Crippen LogP contribution is -2.37. The first-order chi connectivity index (χ1) is 9.47. The van der Waals surface area contributed by atoms with Crippen molar-refractivity contribution < 1.29 is 13.5 Å². The SMILES string of the molecule is NCC1(C(O)c2csc3ccccc23)CCS(=O)(=O)C1. The molecule has 2 atom stereocenters. The van der Waals surface area contributed by atoms with E-state index in [-0.39, 0.29) is 18.1 Å². The van der Waals surface area contributed by atoms with Crippen LogP contribution in [0.1, 0.15) is 18.1 Å². The topological polar surface area (TPSA) is 80.4 Å². The average Bonchev–Trinajstić information content (AvgIpc) is 2.99. The summed E-state index contributed by atoms with van der Waals surface area (Å²) in [5.41, 5.74) is 5.87. The minimum atomic E-state index is -3.09. The lowest BCUT2D eigenvalue weighted by molar-refractivity contribution is 0.0487. The second kappa shape index (κ2) is 4.80. The van der Waals surface area contributed by atoms with Crippen LogP contribution < -0.4 is 5.73 Å². The van der Waals surface area contributed by atoms with Gasteiger partial charge in [0.2, 0.25) is 0 Å². The van der Waals surface area contributed by atoms with Gasteiger partial charge in [-0.1, -0.05) is 18.2 Å². The van der Waals surface area contributed by atoms with E-state index in [2.05, 4.69) is 0 Å². The number of thiophene rings is 1. The van der Waals surface area contributed by atoms with Crippen molar-refractivity contribution in [2.45, 2.75) is 12.5 Å². The van der Waals surface area contributed by atoms with Gasteiger partial charge in [0, 0.05) is 16.7 Å². The fourth-order valence-corrected chi connectivity index (χ4v) is 6.11. The number of nitrogens with two attached hydrogens (primary N) is 1. The largest absolute Gasteiger partial charge is 0.388 e. The summed E-state index contributed by atoms with van der Waals surface area (Å²) >= 11 is 1.56. The van der Waals surface area contributed by atoms with E-state index in [0.717, 1.165) is 15.6 Å². The van der Waals surface area contributed by atoms with Gasteiger partial charge in [-0.2, -0.15) is 0 Å². The number of hydrogen-bond acceptors (Lipinski definition) is 5. The van der Waals surface area contributed by atoms with E-state index in [0.29, 0.717) is 6.42 Å². The van der Waals surface area contributed by atoms with Crippen molar-refractivity contribution in [2.24, 2.45) is 11.1 Å². The van der Waals surface area contributed by atoms with Crippen LogP contribution in [0.4, 0.5) is 0 Å². The molecule has 0 amide bonds. The molecular weight excluding hydrogens is 294 g/mol. The highest BCUT2D eigenvalue weighted by Gasteiger charge is 2.47. The molecule has 0 aliphatic carbocycles. The van der Waals surface area contributed by atoms with Crippen LogP contribution in [0.25, 0.3) is 10.1 Å². The second-order valence-corrected chi connectivity index (χ2v) is 8.59. The summed E-state index contributed by atoms with van der Waals surface area (Å²) in [6.07, 6.45) is -0.405. The van der Waals surface area contributed by atoms with Crippen molar-refractivity contribution in [1.29, 1.82) is 0 Å². The third-order valence-corrected chi connectivity index (χ3v) is 7.03. The van der Waals surface area contributed by atoms with Gasteiger partial charge in [0.25, 0.3) is 0 Å². The first-order valence-corrected chi connectivity index (χ1v) is 9.22. The first kappa shape index (κ1) is 14.0. The molecule has 1 aromatic heterocycles. The zero-order valence-corrected chi connectivity index (χ0v) is 12.6. The van der Waals surface area contributed by atoms with Crippen molar-refractivity contribution in [1.82, 2.24) is 0 Å². The molecule has 1 saturated heterocycles. The van der Waals surface area contributed by atoms with Crippen LogP contribution in [0, 0.1) is 5.41 Å². The van der Waals surface area contributed by atoms with Crippen LogP contribution in [0.5, 0.6) is 0 Å². The predicted octanol–water partition coefficient (Wildman–Crippen LogP) is 1.70. The number of fused-ring (bicyclic) bond motifs is 1. The molecule has 0 saturated carbocycles. The maximum Gasteiger partial charge on any atom is 0.151 e. The van der Waals surface area contributed by atoms with Crippen LogP contribution in [-0.2, 0) is 9.84 Å². The summed E-state index contributed by atoms with van der Waals surface area (Å²) in [5.74, 6) is 0.0885. The zero-order chi connectivity index (χ0) is 14.4. The molecule has 6 heteroatoms. The Bertz CT molecular complexity index is 738. The molecule has 0 radical (unpaired) electrons. The number of benzene rings is 1. The van der Waals surface area contributed by atoms with Crippen LogP contribution in [0.2, 0.25) is 0 Å². The van der Waals surface area contributed by atoms with Gasteiger partial charge >= 0.3 is 0 Å². The molecule has 1 fully saturated rings. The summed E-state index contributed by atoms with van der Waals surface area (Å²) in [6, 6.07) is 7.83. The minimum Gasteiger partial charge on any atom is -0.388 e. The molecule has 2 heterocycles. The van der Waals surface area contributed by atoms with Crippen LogP contribution >= 0.6 is 11.3 Å². The Hall–Kier alpha value is -0.950. The van der Waals surface area contributed by atoms with Crippen LogP contribution in [0.3, 0.4) is 0 Å². The molecule has 108 valence electrons. The molecule has 0 bridgehead atoms. The van der Waals surface area contributed by atoms with Crippen molar-refractivity contribution in [2.75, 3.05) is 18.1 Å². The Morgan fingerprint density at radius 2 is 2.15 bits per heavy atom. The van der Waals surface area contributed by atoms with Crippen molar-refractivity contribution >= 4 is 31.3 Å². The summed E-state index contributed by atoms with van der Waals surface area (Å²) in [4.78, 5) is 0. The summed E-state index contributed by atoms with van der Waals surface area (Å²) in [5, 5.41) is 13.7. The molecule has 3 rings (SSSR count). The smallest absolute Gasteiger partial charge is 0.151 e. The van der Waals surface area contributed by atoms with Crippen LogP contribution in [0.15, 0.2) is 29.6 Å². The molecule has 4 nitrogen and oxygen atoms in total. The van der Waals surface area contributed by atoms with E-state index in [4.69, 9.17) is 5.73 Å².